The van der Waals surface area contributed by atoms with E-state index < -0.39 is 15.9 Å². The highest BCUT2D eigenvalue weighted by Gasteiger charge is 2.28. The van der Waals surface area contributed by atoms with Crippen LogP contribution in [-0.4, -0.2) is 57.7 Å². The van der Waals surface area contributed by atoms with E-state index in [9.17, 15) is 13.2 Å². The Morgan fingerprint density at radius 3 is 2.72 bits per heavy atom. The van der Waals surface area contributed by atoms with Crippen molar-refractivity contribution in [3.8, 4) is 0 Å². The van der Waals surface area contributed by atoms with Gasteiger partial charge in [-0.05, 0) is 6.92 Å². The number of hydrogen-bond acceptors (Lipinski definition) is 5. The summed E-state index contributed by atoms with van der Waals surface area (Å²) in [4.78, 5) is 11.7. The lowest BCUT2D eigenvalue weighted by molar-refractivity contribution is -0.128. The first kappa shape index (κ1) is 17.6. The van der Waals surface area contributed by atoms with Gasteiger partial charge in [-0.2, -0.15) is 0 Å². The normalized spacial score (nSPS) is 24.1. The zero-order valence-electron chi connectivity index (χ0n) is 10.6. The van der Waals surface area contributed by atoms with Crippen molar-refractivity contribution in [2.75, 3.05) is 31.2 Å². The van der Waals surface area contributed by atoms with Gasteiger partial charge in [-0.1, -0.05) is 6.92 Å². The summed E-state index contributed by atoms with van der Waals surface area (Å²) in [6.07, 6.45) is -0.188. The van der Waals surface area contributed by atoms with Gasteiger partial charge in [0.05, 0.1) is 18.5 Å². The fourth-order valence-corrected chi connectivity index (χ4v) is 2.31. The van der Waals surface area contributed by atoms with E-state index in [1.54, 1.807) is 6.92 Å². The van der Waals surface area contributed by atoms with E-state index >= 15 is 0 Å². The average molecular weight is 301 g/mol. The number of hydrogen-bond donors (Lipinski definition) is 2. The van der Waals surface area contributed by atoms with Crippen LogP contribution in [0.2, 0.25) is 0 Å². The molecule has 6 nitrogen and oxygen atoms in total. The SMILES string of the molecule is CCS(=O)(=O)CCNC(=O)[C@H]1NCCO[C@@H]1C.Cl. The molecule has 2 N–H and O–H groups in total. The fourth-order valence-electron chi connectivity index (χ4n) is 1.61. The molecule has 0 radical (unpaired) electrons. The molecule has 0 bridgehead atoms. The fraction of sp³-hybridized carbons (Fsp3) is 0.900. The maximum absolute atomic E-state index is 11.7. The second kappa shape index (κ2) is 7.93. The molecule has 1 fully saturated rings. The first-order valence-corrected chi connectivity index (χ1v) is 7.61. The molecule has 1 rings (SSSR count). The van der Waals surface area contributed by atoms with Crippen LogP contribution in [0, 0.1) is 0 Å². The summed E-state index contributed by atoms with van der Waals surface area (Å²) < 4.78 is 27.8. The van der Waals surface area contributed by atoms with Crippen molar-refractivity contribution < 1.29 is 17.9 Å². The van der Waals surface area contributed by atoms with Crippen LogP contribution in [-0.2, 0) is 19.4 Å². The van der Waals surface area contributed by atoms with Crippen LogP contribution in [0.1, 0.15) is 13.8 Å². The third-order valence-corrected chi connectivity index (χ3v) is 4.46. The van der Waals surface area contributed by atoms with E-state index in [1.165, 1.54) is 0 Å². The van der Waals surface area contributed by atoms with E-state index in [4.69, 9.17) is 4.74 Å². The highest BCUT2D eigenvalue weighted by atomic mass is 35.5. The van der Waals surface area contributed by atoms with Crippen molar-refractivity contribution >= 4 is 28.2 Å². The number of rotatable bonds is 5. The Morgan fingerprint density at radius 2 is 2.17 bits per heavy atom. The van der Waals surface area contributed by atoms with Gasteiger partial charge in [-0.3, -0.25) is 4.79 Å². The number of sulfone groups is 1. The number of nitrogens with one attached hydrogen (secondary N) is 2. The number of carbonyl (C=O) groups is 1. The van der Waals surface area contributed by atoms with Gasteiger partial charge in [0.15, 0.2) is 9.84 Å². The molecule has 1 heterocycles. The lowest BCUT2D eigenvalue weighted by Crippen LogP contribution is -2.55. The molecule has 0 aromatic rings. The van der Waals surface area contributed by atoms with Crippen molar-refractivity contribution in [3.63, 3.8) is 0 Å². The molecular weight excluding hydrogens is 280 g/mol. The van der Waals surface area contributed by atoms with E-state index in [0.29, 0.717) is 13.2 Å². The predicted molar refractivity (Wildman–Crippen MR) is 71.8 cm³/mol. The van der Waals surface area contributed by atoms with Crippen LogP contribution in [0.25, 0.3) is 0 Å². The summed E-state index contributed by atoms with van der Waals surface area (Å²) in [5.74, 6) is -0.121. The lowest BCUT2D eigenvalue weighted by Gasteiger charge is -2.29. The first-order valence-electron chi connectivity index (χ1n) is 5.79. The molecule has 1 amide bonds. The second-order valence-electron chi connectivity index (χ2n) is 4.04. The van der Waals surface area contributed by atoms with Gasteiger partial charge in [0.2, 0.25) is 5.91 Å². The van der Waals surface area contributed by atoms with Gasteiger partial charge in [-0.15, -0.1) is 12.4 Å². The van der Waals surface area contributed by atoms with E-state index in [0.717, 1.165) is 0 Å². The van der Waals surface area contributed by atoms with Crippen molar-refractivity contribution in [3.05, 3.63) is 0 Å². The summed E-state index contributed by atoms with van der Waals surface area (Å²) in [5.41, 5.74) is 0. The highest BCUT2D eigenvalue weighted by Crippen LogP contribution is 2.03. The lowest BCUT2D eigenvalue weighted by atomic mass is 10.1. The molecule has 0 aliphatic carbocycles. The largest absolute Gasteiger partial charge is 0.375 e. The minimum absolute atomic E-state index is 0. The topological polar surface area (TPSA) is 84.5 Å². The Kier molecular flexibility index (Phi) is 7.77. The summed E-state index contributed by atoms with van der Waals surface area (Å²) in [6, 6.07) is -0.395. The van der Waals surface area contributed by atoms with Crippen molar-refractivity contribution in [2.45, 2.75) is 26.0 Å². The Morgan fingerprint density at radius 1 is 1.50 bits per heavy atom. The minimum Gasteiger partial charge on any atom is -0.375 e. The number of amides is 1. The number of halogens is 1. The summed E-state index contributed by atoms with van der Waals surface area (Å²) >= 11 is 0. The number of ether oxygens (including phenoxy) is 1. The quantitative estimate of drug-likeness (QED) is 0.704. The van der Waals surface area contributed by atoms with Crippen LogP contribution < -0.4 is 10.6 Å². The summed E-state index contributed by atoms with van der Waals surface area (Å²) in [7, 11) is -3.03. The molecule has 108 valence electrons. The van der Waals surface area contributed by atoms with Gasteiger partial charge in [0, 0.05) is 18.8 Å². The Bertz CT molecular complexity index is 361. The maximum atomic E-state index is 11.7. The molecule has 0 aromatic carbocycles. The average Bonchev–Trinajstić information content (AvgIpc) is 2.29. The monoisotopic (exact) mass is 300 g/mol. The van der Waals surface area contributed by atoms with Crippen molar-refractivity contribution in [2.24, 2.45) is 0 Å². The van der Waals surface area contributed by atoms with Crippen LogP contribution in [0.3, 0.4) is 0 Å². The minimum atomic E-state index is -3.03. The molecule has 8 heteroatoms. The zero-order chi connectivity index (χ0) is 12.9. The highest BCUT2D eigenvalue weighted by molar-refractivity contribution is 7.91. The third kappa shape index (κ3) is 5.51. The molecule has 0 spiro atoms. The zero-order valence-corrected chi connectivity index (χ0v) is 12.3. The second-order valence-corrected chi connectivity index (χ2v) is 6.51. The van der Waals surface area contributed by atoms with Crippen LogP contribution in [0.4, 0.5) is 0 Å². The molecular formula is C10H21ClN2O4S. The van der Waals surface area contributed by atoms with Gasteiger partial charge in [0.25, 0.3) is 0 Å². The van der Waals surface area contributed by atoms with Crippen molar-refractivity contribution in [1.29, 1.82) is 0 Å². The Hall–Kier alpha value is -0.370. The molecule has 18 heavy (non-hydrogen) atoms. The third-order valence-electron chi connectivity index (χ3n) is 2.75. The summed E-state index contributed by atoms with van der Waals surface area (Å²) in [6.45, 7) is 4.79. The van der Waals surface area contributed by atoms with E-state index in [1.807, 2.05) is 6.92 Å². The van der Waals surface area contributed by atoms with Crippen LogP contribution in [0.15, 0.2) is 0 Å². The van der Waals surface area contributed by atoms with Crippen LogP contribution in [0.5, 0.6) is 0 Å². The smallest absolute Gasteiger partial charge is 0.239 e. The standard InChI is InChI=1S/C10H20N2O4S.ClH/c1-3-17(14,15)7-5-12-10(13)9-8(2)16-6-4-11-9;/h8-9,11H,3-7H2,1-2H3,(H,12,13);1H/t8-,9+;/m1./s1. The van der Waals surface area contributed by atoms with Gasteiger partial charge in [0.1, 0.15) is 6.04 Å². The van der Waals surface area contributed by atoms with Crippen molar-refractivity contribution in [1.82, 2.24) is 10.6 Å². The number of carbonyl (C=O) groups excluding carboxylic acids is 1. The molecule has 1 aliphatic rings. The maximum Gasteiger partial charge on any atom is 0.239 e. The van der Waals surface area contributed by atoms with Gasteiger partial charge >= 0.3 is 0 Å². The molecule has 1 saturated heterocycles. The van der Waals surface area contributed by atoms with Crippen LogP contribution >= 0.6 is 12.4 Å². The van der Waals surface area contributed by atoms with Gasteiger partial charge in [-0.25, -0.2) is 8.42 Å². The predicted octanol–water partition coefficient (Wildman–Crippen LogP) is -0.664. The Balaban J connectivity index is 0.00000289. The molecule has 2 atom stereocenters. The Labute approximate surface area is 114 Å². The van der Waals surface area contributed by atoms with E-state index in [2.05, 4.69) is 10.6 Å². The molecule has 0 saturated carbocycles. The van der Waals surface area contributed by atoms with E-state index in [-0.39, 0.29) is 42.5 Å². The molecule has 0 unspecified atom stereocenters. The number of morpholine rings is 1. The summed E-state index contributed by atoms with van der Waals surface area (Å²) in [5, 5.41) is 5.66. The van der Waals surface area contributed by atoms with Gasteiger partial charge < -0.3 is 15.4 Å². The first-order chi connectivity index (χ1) is 7.96. The molecule has 0 aromatic heterocycles. The molecule has 1 aliphatic heterocycles.